The Bertz CT molecular complexity index is 907. The fourth-order valence-corrected chi connectivity index (χ4v) is 4.02. The molecule has 1 aliphatic rings. The summed E-state index contributed by atoms with van der Waals surface area (Å²) in [5.74, 6) is -0.402. The van der Waals surface area contributed by atoms with E-state index >= 15 is 0 Å². The first-order chi connectivity index (χ1) is 12.1. The van der Waals surface area contributed by atoms with Crippen LogP contribution >= 0.6 is 11.3 Å². The first-order valence-corrected chi connectivity index (χ1v) is 9.24. The van der Waals surface area contributed by atoms with E-state index in [4.69, 9.17) is 5.73 Å². The zero-order valence-electron chi connectivity index (χ0n) is 14.2. The summed E-state index contributed by atoms with van der Waals surface area (Å²) in [6.45, 7) is 5.32. The van der Waals surface area contributed by atoms with Gasteiger partial charge in [0.1, 0.15) is 11.2 Å². The van der Waals surface area contributed by atoms with Gasteiger partial charge >= 0.3 is 0 Å². The van der Waals surface area contributed by atoms with Crippen molar-refractivity contribution < 1.29 is 4.79 Å². The highest BCUT2D eigenvalue weighted by Crippen LogP contribution is 2.26. The van der Waals surface area contributed by atoms with Gasteiger partial charge < -0.3 is 10.6 Å². The van der Waals surface area contributed by atoms with Crippen molar-refractivity contribution in [3.05, 3.63) is 46.4 Å². The Balaban J connectivity index is 1.66. The Hall–Kier alpha value is -2.22. The third-order valence-electron chi connectivity index (χ3n) is 4.74. The standard InChI is InChI=1S/C18H21N5OS/c1-21-5-7-22(8-6-21)11-13-2-3-14-16(10-13)23(12-20-14)15-4-9-25-17(15)18(19)24/h2-4,9-10,12H,5-8,11H2,1H3,(H2,19,24). The van der Waals surface area contributed by atoms with E-state index in [1.165, 1.54) is 16.9 Å². The average Bonchev–Trinajstić information content (AvgIpc) is 3.23. The highest BCUT2D eigenvalue weighted by molar-refractivity contribution is 7.12. The number of carbonyl (C=O) groups excluding carboxylic acids is 1. The number of benzene rings is 1. The molecule has 0 atom stereocenters. The zero-order valence-corrected chi connectivity index (χ0v) is 15.0. The molecule has 3 heterocycles. The van der Waals surface area contributed by atoms with Crippen LogP contribution in [0.5, 0.6) is 0 Å². The summed E-state index contributed by atoms with van der Waals surface area (Å²) in [6, 6.07) is 8.27. The molecule has 0 saturated carbocycles. The van der Waals surface area contributed by atoms with Crippen molar-refractivity contribution in [3.8, 4) is 5.69 Å². The number of piperazine rings is 1. The molecule has 7 heteroatoms. The van der Waals surface area contributed by atoms with Gasteiger partial charge in [0.25, 0.3) is 5.91 Å². The smallest absolute Gasteiger partial charge is 0.260 e. The largest absolute Gasteiger partial charge is 0.365 e. The Morgan fingerprint density at radius 2 is 2.04 bits per heavy atom. The SMILES string of the molecule is CN1CCN(Cc2ccc3ncn(-c4ccsc4C(N)=O)c3c2)CC1. The number of fused-ring (bicyclic) bond motifs is 1. The van der Waals surface area contributed by atoms with E-state index in [9.17, 15) is 4.79 Å². The molecule has 130 valence electrons. The van der Waals surface area contributed by atoms with Crippen LogP contribution in [-0.4, -0.2) is 58.5 Å². The number of hydrogen-bond donors (Lipinski definition) is 1. The quantitative estimate of drug-likeness (QED) is 0.777. The Labute approximate surface area is 150 Å². The van der Waals surface area contributed by atoms with Gasteiger partial charge in [-0.1, -0.05) is 6.07 Å². The van der Waals surface area contributed by atoms with Crippen LogP contribution in [0.2, 0.25) is 0 Å². The molecule has 2 N–H and O–H groups in total. The van der Waals surface area contributed by atoms with E-state index < -0.39 is 5.91 Å². The van der Waals surface area contributed by atoms with Crippen molar-refractivity contribution in [1.82, 2.24) is 19.4 Å². The molecule has 0 radical (unpaired) electrons. The predicted molar refractivity (Wildman–Crippen MR) is 100 cm³/mol. The van der Waals surface area contributed by atoms with Crippen LogP contribution in [0.25, 0.3) is 16.7 Å². The van der Waals surface area contributed by atoms with Gasteiger partial charge in [-0.3, -0.25) is 14.3 Å². The summed E-state index contributed by atoms with van der Waals surface area (Å²) >= 11 is 1.36. The monoisotopic (exact) mass is 355 g/mol. The van der Waals surface area contributed by atoms with Crippen molar-refractivity contribution in [2.75, 3.05) is 33.2 Å². The minimum Gasteiger partial charge on any atom is -0.365 e. The van der Waals surface area contributed by atoms with Gasteiger partial charge in [0, 0.05) is 32.7 Å². The fraction of sp³-hybridized carbons (Fsp3) is 0.333. The first-order valence-electron chi connectivity index (χ1n) is 8.36. The predicted octanol–water partition coefficient (Wildman–Crippen LogP) is 1.93. The summed E-state index contributed by atoms with van der Waals surface area (Å²) in [5, 5.41) is 1.88. The van der Waals surface area contributed by atoms with Crippen LogP contribution in [0.1, 0.15) is 15.2 Å². The van der Waals surface area contributed by atoms with E-state index in [-0.39, 0.29) is 0 Å². The van der Waals surface area contributed by atoms with E-state index in [1.54, 1.807) is 6.33 Å². The summed E-state index contributed by atoms with van der Waals surface area (Å²) < 4.78 is 1.96. The maximum absolute atomic E-state index is 11.7. The number of imidazole rings is 1. The Kier molecular flexibility index (Phi) is 4.29. The lowest BCUT2D eigenvalue weighted by molar-refractivity contribution is 0.100. The number of hydrogen-bond acceptors (Lipinski definition) is 5. The number of amides is 1. The molecule has 6 nitrogen and oxygen atoms in total. The van der Waals surface area contributed by atoms with E-state index in [1.807, 2.05) is 22.1 Å². The lowest BCUT2D eigenvalue weighted by Crippen LogP contribution is -2.43. The van der Waals surface area contributed by atoms with Gasteiger partial charge in [0.05, 0.1) is 16.7 Å². The summed E-state index contributed by atoms with van der Waals surface area (Å²) in [7, 11) is 2.17. The molecule has 1 amide bonds. The molecule has 1 aliphatic heterocycles. The van der Waals surface area contributed by atoms with E-state index in [2.05, 4.69) is 34.0 Å². The molecule has 0 aliphatic carbocycles. The molecule has 1 saturated heterocycles. The number of nitrogens with two attached hydrogens (primary N) is 1. The van der Waals surface area contributed by atoms with Gasteiger partial charge in [-0.2, -0.15) is 0 Å². The molecule has 25 heavy (non-hydrogen) atoms. The number of primary amides is 1. The van der Waals surface area contributed by atoms with Crippen LogP contribution in [-0.2, 0) is 6.54 Å². The molecular formula is C18H21N5OS. The number of likely N-dealkylation sites (N-methyl/N-ethyl adjacent to an activating group) is 1. The van der Waals surface area contributed by atoms with Crippen molar-refractivity contribution in [2.24, 2.45) is 5.73 Å². The second-order valence-electron chi connectivity index (χ2n) is 6.52. The van der Waals surface area contributed by atoms with Gasteiger partial charge in [-0.15, -0.1) is 11.3 Å². The molecular weight excluding hydrogens is 334 g/mol. The van der Waals surface area contributed by atoms with Crippen LogP contribution in [0, 0.1) is 0 Å². The summed E-state index contributed by atoms with van der Waals surface area (Å²) in [5.41, 5.74) is 9.49. The molecule has 0 unspecified atom stereocenters. The van der Waals surface area contributed by atoms with E-state index in [0.717, 1.165) is 49.4 Å². The van der Waals surface area contributed by atoms with Gasteiger partial charge in [-0.05, 0) is 36.2 Å². The average molecular weight is 355 g/mol. The maximum atomic E-state index is 11.7. The third kappa shape index (κ3) is 3.18. The minimum absolute atomic E-state index is 0.402. The van der Waals surface area contributed by atoms with Crippen LogP contribution < -0.4 is 5.73 Å². The molecule has 0 bridgehead atoms. The van der Waals surface area contributed by atoms with Crippen molar-refractivity contribution >= 4 is 28.3 Å². The number of carbonyl (C=O) groups is 1. The maximum Gasteiger partial charge on any atom is 0.260 e. The van der Waals surface area contributed by atoms with Gasteiger partial charge in [-0.25, -0.2) is 4.98 Å². The molecule has 0 spiro atoms. The number of nitrogens with zero attached hydrogens (tertiary/aromatic N) is 4. The second-order valence-corrected chi connectivity index (χ2v) is 7.43. The molecule has 4 rings (SSSR count). The number of rotatable bonds is 4. The van der Waals surface area contributed by atoms with Crippen molar-refractivity contribution in [2.45, 2.75) is 6.54 Å². The highest BCUT2D eigenvalue weighted by atomic mass is 32.1. The van der Waals surface area contributed by atoms with Crippen LogP contribution in [0.3, 0.4) is 0 Å². The second kappa shape index (κ2) is 6.59. The molecule has 2 aromatic heterocycles. The van der Waals surface area contributed by atoms with E-state index in [0.29, 0.717) is 4.88 Å². The lowest BCUT2D eigenvalue weighted by atomic mass is 10.1. The first kappa shape index (κ1) is 16.3. The fourth-order valence-electron chi connectivity index (χ4n) is 3.28. The Morgan fingerprint density at radius 1 is 1.24 bits per heavy atom. The topological polar surface area (TPSA) is 67.4 Å². The third-order valence-corrected chi connectivity index (χ3v) is 5.66. The highest BCUT2D eigenvalue weighted by Gasteiger charge is 2.16. The number of thiophene rings is 1. The summed E-state index contributed by atoms with van der Waals surface area (Å²) in [6.07, 6.45) is 1.76. The van der Waals surface area contributed by atoms with Gasteiger partial charge in [0.2, 0.25) is 0 Å². The molecule has 1 fully saturated rings. The summed E-state index contributed by atoms with van der Waals surface area (Å²) in [4.78, 5) is 21.5. The van der Waals surface area contributed by atoms with Crippen LogP contribution in [0.4, 0.5) is 0 Å². The number of aromatic nitrogens is 2. The van der Waals surface area contributed by atoms with Crippen LogP contribution in [0.15, 0.2) is 36.0 Å². The van der Waals surface area contributed by atoms with Gasteiger partial charge in [0.15, 0.2) is 0 Å². The van der Waals surface area contributed by atoms with Crippen molar-refractivity contribution in [3.63, 3.8) is 0 Å². The molecule has 1 aromatic carbocycles. The zero-order chi connectivity index (χ0) is 17.4. The normalized spacial score (nSPS) is 16.5. The molecule has 3 aromatic rings. The Morgan fingerprint density at radius 3 is 2.80 bits per heavy atom. The lowest BCUT2D eigenvalue weighted by Gasteiger charge is -2.32. The minimum atomic E-state index is -0.402. The van der Waals surface area contributed by atoms with Crippen molar-refractivity contribution in [1.29, 1.82) is 0 Å².